The summed E-state index contributed by atoms with van der Waals surface area (Å²) in [4.78, 5) is 14.8. The van der Waals surface area contributed by atoms with Gasteiger partial charge in [-0.3, -0.25) is 9.89 Å². The third kappa shape index (κ3) is 3.52. The lowest BCUT2D eigenvalue weighted by Gasteiger charge is -2.49. The van der Waals surface area contributed by atoms with Crippen LogP contribution in [0.4, 0.5) is 4.39 Å². The summed E-state index contributed by atoms with van der Waals surface area (Å²) < 4.78 is 19.1. The molecule has 1 saturated carbocycles. The van der Waals surface area contributed by atoms with Crippen LogP contribution >= 0.6 is 0 Å². The molecule has 6 nitrogen and oxygen atoms in total. The molecule has 1 saturated heterocycles. The Morgan fingerprint density at radius 3 is 2.88 bits per heavy atom. The van der Waals surface area contributed by atoms with Crippen LogP contribution in [0.15, 0.2) is 54.6 Å². The first-order valence-electron chi connectivity index (χ1n) is 10.7. The minimum Gasteiger partial charge on any atom is -0.457 e. The van der Waals surface area contributed by atoms with Crippen molar-refractivity contribution in [1.82, 2.24) is 15.1 Å². The van der Waals surface area contributed by atoms with Crippen LogP contribution in [0.5, 0.6) is 11.5 Å². The van der Waals surface area contributed by atoms with Gasteiger partial charge >= 0.3 is 0 Å². The lowest BCUT2D eigenvalue weighted by molar-refractivity contribution is 0.00471. The second-order valence-corrected chi connectivity index (χ2v) is 8.96. The molecule has 0 bridgehead atoms. The maximum atomic E-state index is 13.2. The van der Waals surface area contributed by atoms with Crippen molar-refractivity contribution in [1.29, 1.82) is 5.26 Å². The predicted molar refractivity (Wildman–Crippen MR) is 116 cm³/mol. The summed E-state index contributed by atoms with van der Waals surface area (Å²) >= 11 is 0. The van der Waals surface area contributed by atoms with Crippen molar-refractivity contribution in [3.8, 4) is 28.9 Å². The molecule has 0 radical (unpaired) electrons. The van der Waals surface area contributed by atoms with Gasteiger partial charge in [-0.25, -0.2) is 4.39 Å². The molecule has 0 spiro atoms. The molecular formula is C25H23FN4O2. The molecule has 1 aliphatic carbocycles. The average molecular weight is 430 g/mol. The maximum Gasteiger partial charge on any atom is 0.180 e. The summed E-state index contributed by atoms with van der Waals surface area (Å²) in [5, 5.41) is 16.4. The van der Waals surface area contributed by atoms with Crippen LogP contribution in [0, 0.1) is 34.5 Å². The average Bonchev–Trinajstić information content (AvgIpc) is 3.38. The van der Waals surface area contributed by atoms with Gasteiger partial charge in [-0.1, -0.05) is 19.1 Å². The summed E-state index contributed by atoms with van der Waals surface area (Å²) in [5.41, 5.74) is 1.85. The number of nitrogens with zero attached hydrogens (tertiary/aromatic N) is 3. The summed E-state index contributed by atoms with van der Waals surface area (Å²) in [6.45, 7) is 3.73. The maximum absolute atomic E-state index is 13.2. The number of nitrogens with one attached hydrogen (secondary N) is 1. The largest absolute Gasteiger partial charge is 0.457 e. The number of fused-ring (bicyclic) bond motifs is 1. The van der Waals surface area contributed by atoms with Gasteiger partial charge in [0.1, 0.15) is 23.0 Å². The van der Waals surface area contributed by atoms with Gasteiger partial charge in [0, 0.05) is 25.1 Å². The van der Waals surface area contributed by atoms with Crippen molar-refractivity contribution < 1.29 is 13.9 Å². The van der Waals surface area contributed by atoms with Crippen molar-refractivity contribution in [2.45, 2.75) is 19.8 Å². The summed E-state index contributed by atoms with van der Waals surface area (Å²) in [5.74, 6) is 1.56. The quantitative estimate of drug-likeness (QED) is 0.439. The van der Waals surface area contributed by atoms with Crippen molar-refractivity contribution in [3.05, 3.63) is 66.1 Å². The summed E-state index contributed by atoms with van der Waals surface area (Å²) in [6, 6.07) is 15.0. The molecular weight excluding hydrogens is 407 g/mol. The van der Waals surface area contributed by atoms with E-state index >= 15 is 0 Å². The topological polar surface area (TPSA) is 82.0 Å². The van der Waals surface area contributed by atoms with E-state index in [1.54, 1.807) is 18.2 Å². The predicted octanol–water partition coefficient (Wildman–Crippen LogP) is 5.02. The molecule has 3 unspecified atom stereocenters. The molecule has 32 heavy (non-hydrogen) atoms. The number of halogens is 1. The van der Waals surface area contributed by atoms with Gasteiger partial charge in [-0.2, -0.15) is 10.4 Å². The second kappa shape index (κ2) is 7.79. The van der Waals surface area contributed by atoms with Crippen molar-refractivity contribution in [3.63, 3.8) is 0 Å². The number of aromatic amines is 1. The number of ketones is 1. The van der Waals surface area contributed by atoms with Crippen molar-refractivity contribution in [2.24, 2.45) is 17.3 Å². The van der Waals surface area contributed by atoms with Crippen LogP contribution in [0.1, 0.15) is 30.3 Å². The number of carbonyl (C=O) groups is 1. The first kappa shape index (κ1) is 20.3. The highest BCUT2D eigenvalue weighted by atomic mass is 19.1. The number of rotatable bonds is 6. The van der Waals surface area contributed by atoms with Crippen molar-refractivity contribution >= 4 is 5.78 Å². The highest BCUT2D eigenvalue weighted by Gasteiger charge is 2.56. The number of para-hydroxylation sites is 1. The van der Waals surface area contributed by atoms with E-state index in [9.17, 15) is 14.4 Å². The van der Waals surface area contributed by atoms with Crippen LogP contribution in [-0.4, -0.2) is 34.0 Å². The van der Waals surface area contributed by atoms with E-state index < -0.39 is 0 Å². The van der Waals surface area contributed by atoms with Gasteiger partial charge in [0.25, 0.3) is 0 Å². The normalized spacial score (nSPS) is 23.8. The highest BCUT2D eigenvalue weighted by molar-refractivity contribution is 5.95. The van der Waals surface area contributed by atoms with Crippen LogP contribution in [0.3, 0.4) is 0 Å². The third-order valence-corrected chi connectivity index (χ3v) is 7.06. The summed E-state index contributed by atoms with van der Waals surface area (Å²) in [6.07, 6.45) is 3.67. The molecule has 2 aliphatic rings. The highest BCUT2D eigenvalue weighted by Crippen LogP contribution is 2.57. The number of hydrogen-bond donors (Lipinski definition) is 1. The van der Waals surface area contributed by atoms with E-state index in [0.717, 1.165) is 25.1 Å². The molecule has 1 aliphatic heterocycles. The third-order valence-electron chi connectivity index (χ3n) is 7.06. The Morgan fingerprint density at radius 2 is 2.09 bits per heavy atom. The Morgan fingerprint density at radius 1 is 1.31 bits per heavy atom. The van der Waals surface area contributed by atoms with E-state index in [1.807, 2.05) is 29.2 Å². The number of ether oxygens (including phenoxy) is 1. The van der Waals surface area contributed by atoms with Gasteiger partial charge in [-0.15, -0.1) is 0 Å². The zero-order valence-corrected chi connectivity index (χ0v) is 17.7. The number of aromatic nitrogens is 2. The van der Waals surface area contributed by atoms with Gasteiger partial charge in [-0.05, 0) is 66.1 Å². The van der Waals surface area contributed by atoms with E-state index in [2.05, 4.69) is 23.3 Å². The molecule has 3 atom stereocenters. The number of hydrogen-bond acceptors (Lipinski definition) is 5. The van der Waals surface area contributed by atoms with Crippen LogP contribution in [0.25, 0.3) is 11.3 Å². The van der Waals surface area contributed by atoms with Crippen LogP contribution in [0.2, 0.25) is 0 Å². The molecule has 7 heteroatoms. The fraction of sp³-hybridized carbons (Fsp3) is 0.320. The molecule has 2 aromatic carbocycles. The zero-order chi connectivity index (χ0) is 22.3. The van der Waals surface area contributed by atoms with Gasteiger partial charge < -0.3 is 9.64 Å². The lowest BCUT2D eigenvalue weighted by atomic mass is 9.54. The molecule has 5 rings (SSSR count). The zero-order valence-electron chi connectivity index (χ0n) is 17.7. The Kier molecular flexibility index (Phi) is 4.93. The second-order valence-electron chi connectivity index (χ2n) is 8.96. The number of nitriles is 1. The van der Waals surface area contributed by atoms with Crippen LogP contribution < -0.4 is 4.74 Å². The Labute approximate surface area is 185 Å². The van der Waals surface area contributed by atoms with E-state index in [4.69, 9.17) is 4.74 Å². The SMILES string of the molecule is CC12CN(C#N)CC1CC2CC(=O)c1cc(-c2ccccc2Oc2ccc(F)cc2)n[nH]1. The smallest absolute Gasteiger partial charge is 0.180 e. The minimum absolute atomic E-state index is 0.0285. The Bertz CT molecular complexity index is 1200. The first-order chi connectivity index (χ1) is 15.5. The van der Waals surface area contributed by atoms with Gasteiger partial charge in [0.2, 0.25) is 0 Å². The molecule has 3 aromatic rings. The monoisotopic (exact) mass is 430 g/mol. The molecule has 1 aromatic heterocycles. The van der Waals surface area contributed by atoms with Gasteiger partial charge in [0.05, 0.1) is 5.69 Å². The summed E-state index contributed by atoms with van der Waals surface area (Å²) in [7, 11) is 0. The lowest BCUT2D eigenvalue weighted by Crippen LogP contribution is -2.47. The van der Waals surface area contributed by atoms with E-state index in [0.29, 0.717) is 35.2 Å². The number of benzene rings is 2. The first-order valence-corrected chi connectivity index (χ1v) is 10.7. The molecule has 162 valence electrons. The number of carbonyl (C=O) groups excluding carboxylic acids is 1. The number of H-pyrrole nitrogens is 1. The molecule has 2 fully saturated rings. The fourth-order valence-corrected chi connectivity index (χ4v) is 5.06. The van der Waals surface area contributed by atoms with Crippen molar-refractivity contribution in [2.75, 3.05) is 13.1 Å². The Balaban J connectivity index is 1.31. The van der Waals surface area contributed by atoms with E-state index in [-0.39, 0.29) is 22.9 Å². The van der Waals surface area contributed by atoms with Gasteiger partial charge in [0.15, 0.2) is 12.0 Å². The molecule has 0 amide bonds. The Hall–Kier alpha value is -3.66. The standard InChI is InChI=1S/C25H23FN4O2/c1-25-14-30(15-27)13-17(25)10-16(25)11-23(31)22-12-21(28-29-22)20-4-2-3-5-24(20)32-19-8-6-18(26)7-9-19/h2-9,12,16-17H,10-11,13-14H2,1H3,(H,28,29). The number of likely N-dealkylation sites (tertiary alicyclic amines) is 1. The molecule has 2 heterocycles. The van der Waals surface area contributed by atoms with E-state index in [1.165, 1.54) is 12.1 Å². The van der Waals surface area contributed by atoms with Crippen LogP contribution in [-0.2, 0) is 0 Å². The number of Topliss-reactive ketones (excluding diaryl/α,β-unsaturated/α-hetero) is 1. The fourth-order valence-electron chi connectivity index (χ4n) is 5.06. The minimum atomic E-state index is -0.328. The molecule has 1 N–H and O–H groups in total.